The standard InChI is InChI=1S/C25H31N5O5/c1-2-34-23(31)21-19(28-25(33)29-22(21)20-12-8-14-35-20)16-30-13-7-6-11-18(30)15-26-24(32)27-17-9-4-3-5-10-17/h3-5,8-10,12,14,18,22H,2,6-7,11,13,15-16H2,1H3,(H2,26,27,32)(H2,28,29,33). The van der Waals surface area contributed by atoms with Crippen LogP contribution < -0.4 is 21.3 Å². The van der Waals surface area contributed by atoms with Crippen LogP contribution in [0.3, 0.4) is 0 Å². The number of likely N-dealkylation sites (tertiary alicyclic amines) is 1. The van der Waals surface area contributed by atoms with Crippen molar-refractivity contribution < 1.29 is 23.5 Å². The molecule has 0 saturated carbocycles. The lowest BCUT2D eigenvalue weighted by molar-refractivity contribution is -0.139. The van der Waals surface area contributed by atoms with Gasteiger partial charge in [-0.2, -0.15) is 0 Å². The number of rotatable bonds is 8. The minimum Gasteiger partial charge on any atom is -0.467 e. The minimum atomic E-state index is -0.745. The summed E-state index contributed by atoms with van der Waals surface area (Å²) in [7, 11) is 0. The van der Waals surface area contributed by atoms with E-state index in [0.717, 1.165) is 31.5 Å². The average Bonchev–Trinajstić information content (AvgIpc) is 3.39. The summed E-state index contributed by atoms with van der Waals surface area (Å²) in [5.41, 5.74) is 1.52. The summed E-state index contributed by atoms with van der Waals surface area (Å²) in [5.74, 6) is -0.0554. The van der Waals surface area contributed by atoms with E-state index in [1.165, 1.54) is 6.26 Å². The number of ether oxygens (including phenoxy) is 1. The lowest BCUT2D eigenvalue weighted by atomic mass is 9.97. The molecule has 1 saturated heterocycles. The Morgan fingerprint density at radius 3 is 2.74 bits per heavy atom. The SMILES string of the molecule is CCOC(=O)C1=C(CN2CCCCC2CNC(=O)Nc2ccccc2)NC(=O)NC1c1ccco1. The van der Waals surface area contributed by atoms with Crippen molar-refractivity contribution in [1.82, 2.24) is 20.9 Å². The molecule has 4 amide bonds. The molecule has 0 bridgehead atoms. The number of esters is 1. The third-order valence-electron chi connectivity index (χ3n) is 6.12. The van der Waals surface area contributed by atoms with E-state index in [0.29, 0.717) is 30.1 Å². The largest absolute Gasteiger partial charge is 0.467 e. The third-order valence-corrected chi connectivity index (χ3v) is 6.12. The second kappa shape index (κ2) is 11.6. The maximum Gasteiger partial charge on any atom is 0.338 e. The Kier molecular flexibility index (Phi) is 8.04. The number of para-hydroxylation sites is 1. The van der Waals surface area contributed by atoms with Crippen molar-refractivity contribution in [2.24, 2.45) is 0 Å². The first kappa shape index (κ1) is 24.3. The number of hydrogen-bond acceptors (Lipinski definition) is 6. The quantitative estimate of drug-likeness (QED) is 0.430. The number of nitrogens with one attached hydrogen (secondary N) is 4. The van der Waals surface area contributed by atoms with Crippen molar-refractivity contribution in [3.8, 4) is 0 Å². The summed E-state index contributed by atoms with van der Waals surface area (Å²) >= 11 is 0. The fraction of sp³-hybridized carbons (Fsp3) is 0.400. The first-order chi connectivity index (χ1) is 17.0. The Bertz CT molecular complexity index is 1050. The van der Waals surface area contributed by atoms with Crippen LogP contribution in [0, 0.1) is 0 Å². The van der Waals surface area contributed by atoms with Gasteiger partial charge < -0.3 is 30.4 Å². The fourth-order valence-corrected chi connectivity index (χ4v) is 4.47. The van der Waals surface area contributed by atoms with Crippen LogP contribution in [-0.2, 0) is 9.53 Å². The van der Waals surface area contributed by atoms with Crippen molar-refractivity contribution in [1.29, 1.82) is 0 Å². The van der Waals surface area contributed by atoms with Crippen molar-refractivity contribution in [3.63, 3.8) is 0 Å². The third kappa shape index (κ3) is 6.21. The van der Waals surface area contributed by atoms with Gasteiger partial charge in [-0.1, -0.05) is 24.6 Å². The van der Waals surface area contributed by atoms with Crippen LogP contribution in [0.15, 0.2) is 64.4 Å². The van der Waals surface area contributed by atoms with E-state index in [2.05, 4.69) is 26.2 Å². The zero-order chi connectivity index (χ0) is 24.6. The molecule has 10 heteroatoms. The van der Waals surface area contributed by atoms with Crippen LogP contribution in [-0.4, -0.2) is 55.2 Å². The number of carbonyl (C=O) groups is 3. The second-order valence-electron chi connectivity index (χ2n) is 8.48. The number of amides is 4. The van der Waals surface area contributed by atoms with Gasteiger partial charge in [-0.25, -0.2) is 14.4 Å². The molecule has 2 unspecified atom stereocenters. The topological polar surface area (TPSA) is 125 Å². The van der Waals surface area contributed by atoms with Gasteiger partial charge in [0.25, 0.3) is 0 Å². The molecule has 1 fully saturated rings. The molecule has 0 aliphatic carbocycles. The molecule has 0 spiro atoms. The van der Waals surface area contributed by atoms with Crippen LogP contribution in [0.1, 0.15) is 38.0 Å². The van der Waals surface area contributed by atoms with Gasteiger partial charge in [-0.05, 0) is 50.6 Å². The molecule has 3 heterocycles. The van der Waals surface area contributed by atoms with Gasteiger partial charge >= 0.3 is 18.0 Å². The van der Waals surface area contributed by atoms with Gasteiger partial charge in [0.2, 0.25) is 0 Å². The van der Waals surface area contributed by atoms with Crippen LogP contribution in [0.25, 0.3) is 0 Å². The monoisotopic (exact) mass is 481 g/mol. The first-order valence-corrected chi connectivity index (χ1v) is 11.9. The zero-order valence-corrected chi connectivity index (χ0v) is 19.7. The summed E-state index contributed by atoms with van der Waals surface area (Å²) in [4.78, 5) is 40.0. The van der Waals surface area contributed by atoms with Gasteiger partial charge in [0, 0.05) is 30.5 Å². The number of furan rings is 1. The highest BCUT2D eigenvalue weighted by atomic mass is 16.5. The van der Waals surface area contributed by atoms with E-state index in [-0.39, 0.29) is 18.7 Å². The van der Waals surface area contributed by atoms with Gasteiger partial charge in [-0.3, -0.25) is 4.90 Å². The molecule has 2 atom stereocenters. The lowest BCUT2D eigenvalue weighted by Gasteiger charge is -2.38. The molecule has 2 aromatic rings. The Morgan fingerprint density at radius 1 is 1.17 bits per heavy atom. The van der Waals surface area contributed by atoms with Crippen LogP contribution in [0.2, 0.25) is 0 Å². The summed E-state index contributed by atoms with van der Waals surface area (Å²) < 4.78 is 10.8. The molecular weight excluding hydrogens is 450 g/mol. The van der Waals surface area contributed by atoms with E-state index in [1.54, 1.807) is 19.1 Å². The molecule has 1 aromatic heterocycles. The number of benzene rings is 1. The number of urea groups is 2. The number of nitrogens with zero attached hydrogens (tertiary/aromatic N) is 1. The van der Waals surface area contributed by atoms with Crippen molar-refractivity contribution in [2.45, 2.75) is 38.3 Å². The number of piperidine rings is 1. The van der Waals surface area contributed by atoms with E-state index >= 15 is 0 Å². The predicted molar refractivity (Wildman–Crippen MR) is 129 cm³/mol. The smallest absolute Gasteiger partial charge is 0.338 e. The highest BCUT2D eigenvalue weighted by molar-refractivity contribution is 5.95. The fourth-order valence-electron chi connectivity index (χ4n) is 4.47. The van der Waals surface area contributed by atoms with Gasteiger partial charge in [0.1, 0.15) is 11.8 Å². The van der Waals surface area contributed by atoms with Crippen molar-refractivity contribution in [2.75, 3.05) is 31.6 Å². The van der Waals surface area contributed by atoms with E-state index in [1.807, 2.05) is 30.3 Å². The Labute approximate surface area is 204 Å². The number of anilines is 1. The summed E-state index contributed by atoms with van der Waals surface area (Å²) in [6, 6.07) is 11.3. The van der Waals surface area contributed by atoms with E-state index < -0.39 is 18.0 Å². The number of hydrogen-bond donors (Lipinski definition) is 4. The normalized spacial score (nSPS) is 20.5. The van der Waals surface area contributed by atoms with E-state index in [9.17, 15) is 14.4 Å². The molecule has 4 rings (SSSR count). The zero-order valence-electron chi connectivity index (χ0n) is 19.7. The van der Waals surface area contributed by atoms with Crippen molar-refractivity contribution >= 4 is 23.7 Å². The molecular formula is C25H31N5O5. The predicted octanol–water partition coefficient (Wildman–Crippen LogP) is 3.13. The highest BCUT2D eigenvalue weighted by Gasteiger charge is 2.36. The first-order valence-electron chi connectivity index (χ1n) is 11.9. The molecule has 4 N–H and O–H groups in total. The van der Waals surface area contributed by atoms with Crippen LogP contribution in [0.5, 0.6) is 0 Å². The molecule has 1 aromatic carbocycles. The van der Waals surface area contributed by atoms with Crippen LogP contribution in [0.4, 0.5) is 15.3 Å². The average molecular weight is 482 g/mol. The van der Waals surface area contributed by atoms with Gasteiger partial charge in [0.15, 0.2) is 0 Å². The summed E-state index contributed by atoms with van der Waals surface area (Å²) in [6.45, 7) is 3.50. The Hall–Kier alpha value is -3.79. The molecule has 186 valence electrons. The minimum absolute atomic E-state index is 0.0510. The summed E-state index contributed by atoms with van der Waals surface area (Å²) in [6.07, 6.45) is 4.42. The van der Waals surface area contributed by atoms with Gasteiger partial charge in [0.05, 0.1) is 18.4 Å². The molecule has 2 aliphatic heterocycles. The van der Waals surface area contributed by atoms with E-state index in [4.69, 9.17) is 9.15 Å². The highest BCUT2D eigenvalue weighted by Crippen LogP contribution is 2.29. The van der Waals surface area contributed by atoms with Crippen molar-refractivity contribution in [3.05, 3.63) is 65.8 Å². The molecule has 2 aliphatic rings. The summed E-state index contributed by atoms with van der Waals surface area (Å²) in [5, 5.41) is 11.3. The van der Waals surface area contributed by atoms with Gasteiger partial charge in [-0.15, -0.1) is 0 Å². The molecule has 10 nitrogen and oxygen atoms in total. The Morgan fingerprint density at radius 2 is 2.00 bits per heavy atom. The maximum absolute atomic E-state index is 12.9. The Balaban J connectivity index is 1.50. The molecule has 35 heavy (non-hydrogen) atoms. The second-order valence-corrected chi connectivity index (χ2v) is 8.48. The maximum atomic E-state index is 12.9. The molecule has 0 radical (unpaired) electrons. The van der Waals surface area contributed by atoms with Crippen LogP contribution >= 0.6 is 0 Å². The number of carbonyl (C=O) groups excluding carboxylic acids is 3. The lowest BCUT2D eigenvalue weighted by Crippen LogP contribution is -2.52.